The number of anilines is 1. The molecule has 188 valence electrons. The van der Waals surface area contributed by atoms with Crippen LogP contribution in [0.4, 0.5) is 5.69 Å². The maximum Gasteiger partial charge on any atom is 0.234 e. The lowest BCUT2D eigenvalue weighted by Crippen LogP contribution is -2.45. The third-order valence-electron chi connectivity index (χ3n) is 7.52. The summed E-state index contributed by atoms with van der Waals surface area (Å²) in [5, 5.41) is 7.78. The number of benzene rings is 2. The highest BCUT2D eigenvalue weighted by molar-refractivity contribution is 6.01. The molecule has 2 aromatic rings. The first-order chi connectivity index (χ1) is 16.9. The topological polar surface area (TPSA) is 76.7 Å². The Morgan fingerprint density at radius 1 is 1.06 bits per heavy atom. The van der Waals surface area contributed by atoms with E-state index in [2.05, 4.69) is 42.1 Å². The molecule has 2 unspecified atom stereocenters. The smallest absolute Gasteiger partial charge is 0.234 e. The quantitative estimate of drug-likeness (QED) is 0.306. The zero-order valence-corrected chi connectivity index (χ0v) is 21.4. The molecule has 0 aliphatic carbocycles. The summed E-state index contributed by atoms with van der Waals surface area (Å²) in [6.45, 7) is 4.27. The lowest BCUT2D eigenvalue weighted by Gasteiger charge is -2.37. The lowest BCUT2D eigenvalue weighted by atomic mass is 9.85. The van der Waals surface area contributed by atoms with Gasteiger partial charge in [-0.3, -0.25) is 15.1 Å². The van der Waals surface area contributed by atoms with Gasteiger partial charge in [-0.05, 0) is 82.5 Å². The summed E-state index contributed by atoms with van der Waals surface area (Å²) in [4.78, 5) is 20.6. The van der Waals surface area contributed by atoms with E-state index in [1.807, 2.05) is 35.2 Å². The first-order valence-corrected chi connectivity index (χ1v) is 13.2. The summed E-state index contributed by atoms with van der Waals surface area (Å²) in [5.41, 5.74) is 9.60. The van der Waals surface area contributed by atoms with Crippen molar-refractivity contribution in [2.75, 3.05) is 45.2 Å². The lowest BCUT2D eigenvalue weighted by molar-refractivity contribution is -0.120. The van der Waals surface area contributed by atoms with E-state index in [-0.39, 0.29) is 17.7 Å². The van der Waals surface area contributed by atoms with Gasteiger partial charge in [0.15, 0.2) is 0 Å². The van der Waals surface area contributed by atoms with Crippen molar-refractivity contribution in [2.45, 2.75) is 56.9 Å². The first-order valence-electron chi connectivity index (χ1n) is 13.2. The number of carbonyl (C=O) groups excluding carboxylic acids is 1. The molecule has 6 nitrogen and oxygen atoms in total. The minimum absolute atomic E-state index is 0.0360. The molecule has 6 heteroatoms. The molecule has 3 N–H and O–H groups in total. The van der Waals surface area contributed by atoms with Crippen molar-refractivity contribution >= 4 is 17.4 Å². The number of fused-ring (bicyclic) bond motifs is 1. The van der Waals surface area contributed by atoms with E-state index in [9.17, 15) is 4.79 Å². The third kappa shape index (κ3) is 6.30. The second-order valence-electron chi connectivity index (χ2n) is 10.4. The van der Waals surface area contributed by atoms with Gasteiger partial charge in [-0.15, -0.1) is 0 Å². The van der Waals surface area contributed by atoms with Gasteiger partial charge < -0.3 is 15.5 Å². The Hall–Kier alpha value is -2.70. The van der Waals surface area contributed by atoms with E-state index >= 15 is 0 Å². The van der Waals surface area contributed by atoms with Crippen molar-refractivity contribution in [3.63, 3.8) is 0 Å². The Labute approximate surface area is 210 Å². The highest BCUT2D eigenvalue weighted by Crippen LogP contribution is 2.36. The molecule has 2 heterocycles. The Kier molecular flexibility index (Phi) is 8.58. The largest absolute Gasteiger partial charge is 0.384 e. The number of nitrogens with zero attached hydrogens (tertiary/aromatic N) is 3. The van der Waals surface area contributed by atoms with Crippen LogP contribution in [0.15, 0.2) is 48.5 Å². The number of nitrogens with two attached hydrogens (primary N) is 1. The van der Waals surface area contributed by atoms with Crippen LogP contribution in [0, 0.1) is 5.41 Å². The molecule has 1 amide bonds. The molecular formula is C29H41N5O. The van der Waals surface area contributed by atoms with Crippen LogP contribution >= 0.6 is 0 Å². The molecule has 2 aliphatic rings. The van der Waals surface area contributed by atoms with Gasteiger partial charge in [-0.25, -0.2) is 0 Å². The van der Waals surface area contributed by atoms with Gasteiger partial charge in [-0.1, -0.05) is 49.2 Å². The fraction of sp³-hybridized carbons (Fsp3) is 0.517. The first kappa shape index (κ1) is 25.4. The van der Waals surface area contributed by atoms with Crippen molar-refractivity contribution in [3.05, 3.63) is 65.2 Å². The van der Waals surface area contributed by atoms with Crippen LogP contribution in [0.1, 0.15) is 61.1 Å². The number of nitrogen functional groups attached to an aromatic ring is 1. The number of carbonyl (C=O) groups is 1. The zero-order chi connectivity index (χ0) is 24.8. The van der Waals surface area contributed by atoms with Gasteiger partial charge in [0, 0.05) is 30.4 Å². The molecule has 0 bridgehead atoms. The predicted molar refractivity (Wildman–Crippen MR) is 144 cm³/mol. The third-order valence-corrected chi connectivity index (χ3v) is 7.52. The summed E-state index contributed by atoms with van der Waals surface area (Å²) in [5.74, 6) is -0.0373. The number of nitrogens with one attached hydrogen (secondary N) is 1. The minimum atomic E-state index is -0.232. The summed E-state index contributed by atoms with van der Waals surface area (Å²) >= 11 is 0. The highest BCUT2D eigenvalue weighted by Gasteiger charge is 2.33. The monoisotopic (exact) mass is 475 g/mol. The van der Waals surface area contributed by atoms with E-state index in [0.717, 1.165) is 43.7 Å². The van der Waals surface area contributed by atoms with Crippen molar-refractivity contribution < 1.29 is 4.79 Å². The number of likely N-dealkylation sites (N-methyl/N-ethyl adjacent to an activating group) is 1. The van der Waals surface area contributed by atoms with E-state index < -0.39 is 0 Å². The Bertz CT molecular complexity index is 1020. The highest BCUT2D eigenvalue weighted by atomic mass is 16.2. The predicted octanol–water partition coefficient (Wildman–Crippen LogP) is 4.23. The summed E-state index contributed by atoms with van der Waals surface area (Å²) in [6, 6.07) is 16.6. The van der Waals surface area contributed by atoms with Gasteiger partial charge in [0.25, 0.3) is 0 Å². The second-order valence-corrected chi connectivity index (χ2v) is 10.4. The molecular weight excluding hydrogens is 434 g/mol. The number of rotatable bonds is 10. The van der Waals surface area contributed by atoms with Crippen LogP contribution in [0.2, 0.25) is 0 Å². The number of piperidine rings is 1. The van der Waals surface area contributed by atoms with Crippen LogP contribution < -0.4 is 10.6 Å². The SMILES string of the molecule is CN(C)CC1CCCCN1CCCCCN1C(=O)C(c2cccc(C(=N)N)c2)Cc2ccccc21. The van der Waals surface area contributed by atoms with Crippen LogP contribution in [0.3, 0.4) is 0 Å². The van der Waals surface area contributed by atoms with E-state index in [1.54, 1.807) is 0 Å². The van der Waals surface area contributed by atoms with E-state index in [4.69, 9.17) is 11.1 Å². The number of unbranched alkanes of at least 4 members (excludes halogenated alkanes) is 2. The maximum atomic E-state index is 13.7. The average molecular weight is 476 g/mol. The summed E-state index contributed by atoms with van der Waals surface area (Å²) in [6.07, 6.45) is 7.97. The van der Waals surface area contributed by atoms with Gasteiger partial charge in [0.1, 0.15) is 5.84 Å². The fourth-order valence-corrected chi connectivity index (χ4v) is 5.72. The van der Waals surface area contributed by atoms with Crippen molar-refractivity contribution in [1.29, 1.82) is 5.41 Å². The second kappa shape index (κ2) is 11.8. The molecule has 4 rings (SSSR count). The van der Waals surface area contributed by atoms with Gasteiger partial charge in [0.05, 0.1) is 5.92 Å². The average Bonchev–Trinajstić information content (AvgIpc) is 2.85. The van der Waals surface area contributed by atoms with Crippen molar-refractivity contribution in [2.24, 2.45) is 5.73 Å². The number of likely N-dealkylation sites (tertiary alicyclic amines) is 1. The van der Waals surface area contributed by atoms with E-state index in [1.165, 1.54) is 37.8 Å². The van der Waals surface area contributed by atoms with Gasteiger partial charge in [0.2, 0.25) is 5.91 Å². The molecule has 1 saturated heterocycles. The molecule has 0 radical (unpaired) electrons. The zero-order valence-electron chi connectivity index (χ0n) is 21.4. The maximum absolute atomic E-state index is 13.7. The number of para-hydroxylation sites is 1. The molecule has 2 atom stereocenters. The summed E-state index contributed by atoms with van der Waals surface area (Å²) < 4.78 is 0. The Morgan fingerprint density at radius 3 is 2.66 bits per heavy atom. The number of hydrogen-bond acceptors (Lipinski definition) is 4. The van der Waals surface area contributed by atoms with Crippen LogP contribution in [0.5, 0.6) is 0 Å². The summed E-state index contributed by atoms with van der Waals surface area (Å²) in [7, 11) is 4.34. The normalized spacial score (nSPS) is 20.8. The fourth-order valence-electron chi connectivity index (χ4n) is 5.72. The molecule has 2 aromatic carbocycles. The van der Waals surface area contributed by atoms with Crippen molar-refractivity contribution in [3.8, 4) is 0 Å². The number of amides is 1. The molecule has 35 heavy (non-hydrogen) atoms. The number of amidine groups is 1. The van der Waals surface area contributed by atoms with Crippen LogP contribution in [-0.2, 0) is 11.2 Å². The Balaban J connectivity index is 1.38. The van der Waals surface area contributed by atoms with E-state index in [0.29, 0.717) is 18.0 Å². The minimum Gasteiger partial charge on any atom is -0.384 e. The molecule has 2 aliphatic heterocycles. The molecule has 0 saturated carbocycles. The van der Waals surface area contributed by atoms with Gasteiger partial charge >= 0.3 is 0 Å². The van der Waals surface area contributed by atoms with Gasteiger partial charge in [-0.2, -0.15) is 0 Å². The molecule has 0 spiro atoms. The van der Waals surface area contributed by atoms with Crippen LogP contribution in [0.25, 0.3) is 0 Å². The standard InChI is InChI=1S/C29H41N5O/c1-32(2)21-25-14-6-9-17-33(25)16-7-3-8-18-34-27-15-5-4-11-23(27)20-26(29(34)35)22-12-10-13-24(19-22)28(30)31/h4-5,10-13,15,19,25-26H,3,6-9,14,16-18,20-21H2,1-2H3,(H3,30,31). The number of hydrogen-bond donors (Lipinski definition) is 2. The Morgan fingerprint density at radius 2 is 1.86 bits per heavy atom. The molecule has 1 fully saturated rings. The van der Waals surface area contributed by atoms with Crippen LogP contribution in [-0.4, -0.2) is 67.9 Å². The van der Waals surface area contributed by atoms with Crippen molar-refractivity contribution in [1.82, 2.24) is 9.80 Å². The molecule has 0 aromatic heterocycles.